The molecule has 1 N–H and O–H groups in total. The Morgan fingerprint density at radius 3 is 2.62 bits per heavy atom. The van der Waals surface area contributed by atoms with Gasteiger partial charge in [0.1, 0.15) is 12.1 Å². The zero-order valence-corrected chi connectivity index (χ0v) is 16.3. The third kappa shape index (κ3) is 3.59. The van der Waals surface area contributed by atoms with Crippen molar-refractivity contribution in [2.75, 3.05) is 6.54 Å². The first-order valence-electron chi connectivity index (χ1n) is 9.62. The van der Waals surface area contributed by atoms with Gasteiger partial charge in [0.05, 0.1) is 0 Å². The normalized spacial score (nSPS) is 18.9. The Labute approximate surface area is 167 Å². The smallest absolute Gasteiger partial charge is 0.327 e. The molecule has 1 atom stereocenters. The number of urea groups is 1. The highest BCUT2D eigenvalue weighted by Gasteiger charge is 2.52. The SMILES string of the molecule is Cc1ccc(-c2nnc([C@H](C)OC(=O)CN3C(=O)NC4(CCCC4)C3=O)o2)cc1. The average Bonchev–Trinajstić information content (AvgIpc) is 3.40. The number of rotatable bonds is 5. The lowest BCUT2D eigenvalue weighted by Crippen LogP contribution is -2.44. The molecule has 1 spiro atoms. The van der Waals surface area contributed by atoms with Crippen molar-refractivity contribution in [3.8, 4) is 11.5 Å². The molecule has 1 aliphatic heterocycles. The van der Waals surface area contributed by atoms with Crippen LogP contribution in [-0.4, -0.2) is 45.1 Å². The maximum atomic E-state index is 12.6. The van der Waals surface area contributed by atoms with E-state index in [1.165, 1.54) is 0 Å². The van der Waals surface area contributed by atoms with Crippen LogP contribution in [-0.2, 0) is 14.3 Å². The molecular weight excluding hydrogens is 376 g/mol. The summed E-state index contributed by atoms with van der Waals surface area (Å²) in [5.41, 5.74) is 1.02. The van der Waals surface area contributed by atoms with Gasteiger partial charge in [-0.3, -0.25) is 14.5 Å². The maximum Gasteiger partial charge on any atom is 0.327 e. The third-order valence-corrected chi connectivity index (χ3v) is 5.39. The van der Waals surface area contributed by atoms with Crippen LogP contribution in [0.3, 0.4) is 0 Å². The van der Waals surface area contributed by atoms with Crippen LogP contribution in [0.25, 0.3) is 11.5 Å². The highest BCUT2D eigenvalue weighted by molar-refractivity contribution is 6.08. The van der Waals surface area contributed by atoms with Gasteiger partial charge < -0.3 is 14.5 Å². The molecule has 1 aromatic carbocycles. The van der Waals surface area contributed by atoms with E-state index in [1.807, 2.05) is 31.2 Å². The molecule has 3 amide bonds. The molecule has 29 heavy (non-hydrogen) atoms. The number of hydrogen-bond acceptors (Lipinski definition) is 7. The summed E-state index contributed by atoms with van der Waals surface area (Å²) in [6.45, 7) is 3.12. The first kappa shape index (κ1) is 19.1. The number of imide groups is 1. The number of carbonyl (C=O) groups excluding carboxylic acids is 3. The van der Waals surface area contributed by atoms with E-state index < -0.39 is 30.2 Å². The van der Waals surface area contributed by atoms with Gasteiger partial charge in [-0.15, -0.1) is 10.2 Å². The molecule has 2 aromatic rings. The fourth-order valence-corrected chi connectivity index (χ4v) is 3.76. The van der Waals surface area contributed by atoms with Crippen LogP contribution in [0, 0.1) is 6.92 Å². The van der Waals surface area contributed by atoms with Crippen molar-refractivity contribution in [3.63, 3.8) is 0 Å². The zero-order valence-electron chi connectivity index (χ0n) is 16.3. The zero-order chi connectivity index (χ0) is 20.6. The Bertz CT molecular complexity index is 946. The molecule has 152 valence electrons. The van der Waals surface area contributed by atoms with Gasteiger partial charge in [0.15, 0.2) is 6.10 Å². The highest BCUT2D eigenvalue weighted by atomic mass is 16.6. The monoisotopic (exact) mass is 398 g/mol. The fourth-order valence-electron chi connectivity index (χ4n) is 3.76. The summed E-state index contributed by atoms with van der Waals surface area (Å²) < 4.78 is 10.9. The number of aromatic nitrogens is 2. The standard InChI is InChI=1S/C20H22N4O5/c1-12-5-7-14(8-6-12)17-23-22-16(29-17)13(2)28-15(25)11-24-18(26)20(21-19(24)27)9-3-4-10-20/h5-8,13H,3-4,9-11H2,1-2H3,(H,21,27)/t13-/m0/s1. The van der Waals surface area contributed by atoms with E-state index in [0.29, 0.717) is 18.7 Å². The second-order valence-electron chi connectivity index (χ2n) is 7.55. The second-order valence-corrected chi connectivity index (χ2v) is 7.55. The van der Waals surface area contributed by atoms with Crippen LogP contribution >= 0.6 is 0 Å². The first-order chi connectivity index (χ1) is 13.9. The number of nitrogens with zero attached hydrogens (tertiary/aromatic N) is 3. The minimum atomic E-state index is -0.849. The lowest BCUT2D eigenvalue weighted by Gasteiger charge is -2.19. The van der Waals surface area contributed by atoms with Crippen molar-refractivity contribution in [2.24, 2.45) is 0 Å². The molecule has 2 heterocycles. The van der Waals surface area contributed by atoms with E-state index in [-0.39, 0.29) is 11.8 Å². The van der Waals surface area contributed by atoms with Crippen molar-refractivity contribution in [2.45, 2.75) is 51.2 Å². The molecule has 2 fully saturated rings. The molecule has 9 nitrogen and oxygen atoms in total. The predicted molar refractivity (Wildman–Crippen MR) is 100 cm³/mol. The van der Waals surface area contributed by atoms with Gasteiger partial charge in [-0.2, -0.15) is 0 Å². The van der Waals surface area contributed by atoms with Crippen molar-refractivity contribution in [1.82, 2.24) is 20.4 Å². The van der Waals surface area contributed by atoms with Crippen LogP contribution in [0.4, 0.5) is 4.79 Å². The van der Waals surface area contributed by atoms with E-state index >= 15 is 0 Å². The molecule has 1 saturated carbocycles. The summed E-state index contributed by atoms with van der Waals surface area (Å²) in [7, 11) is 0. The number of nitrogens with one attached hydrogen (secondary N) is 1. The third-order valence-electron chi connectivity index (χ3n) is 5.39. The lowest BCUT2D eigenvalue weighted by atomic mass is 9.98. The van der Waals surface area contributed by atoms with Gasteiger partial charge in [-0.1, -0.05) is 30.5 Å². The Balaban J connectivity index is 1.38. The highest BCUT2D eigenvalue weighted by Crippen LogP contribution is 2.35. The summed E-state index contributed by atoms with van der Waals surface area (Å²) in [6, 6.07) is 7.02. The van der Waals surface area contributed by atoms with E-state index in [9.17, 15) is 14.4 Å². The number of esters is 1. The van der Waals surface area contributed by atoms with Gasteiger partial charge in [0.2, 0.25) is 5.89 Å². The quantitative estimate of drug-likeness (QED) is 0.608. The molecule has 1 aromatic heterocycles. The number of aryl methyl sites for hydroxylation is 1. The predicted octanol–water partition coefficient (Wildman–Crippen LogP) is 2.51. The van der Waals surface area contributed by atoms with Gasteiger partial charge >= 0.3 is 12.0 Å². The molecule has 1 aliphatic carbocycles. The Hall–Kier alpha value is -3.23. The minimum absolute atomic E-state index is 0.137. The average molecular weight is 398 g/mol. The van der Waals surface area contributed by atoms with E-state index in [0.717, 1.165) is 28.9 Å². The van der Waals surface area contributed by atoms with Crippen LogP contribution in [0.5, 0.6) is 0 Å². The molecular formula is C20H22N4O5. The van der Waals surface area contributed by atoms with Crippen molar-refractivity contribution in [3.05, 3.63) is 35.7 Å². The van der Waals surface area contributed by atoms with Gasteiger partial charge in [-0.05, 0) is 38.8 Å². The van der Waals surface area contributed by atoms with Crippen LogP contribution in [0.2, 0.25) is 0 Å². The summed E-state index contributed by atoms with van der Waals surface area (Å²) in [5.74, 6) is -0.617. The van der Waals surface area contributed by atoms with E-state index in [4.69, 9.17) is 9.15 Å². The van der Waals surface area contributed by atoms with E-state index in [2.05, 4.69) is 15.5 Å². The van der Waals surface area contributed by atoms with Crippen LogP contribution < -0.4 is 5.32 Å². The maximum absolute atomic E-state index is 12.6. The summed E-state index contributed by atoms with van der Waals surface area (Å²) in [5, 5.41) is 10.7. The van der Waals surface area contributed by atoms with Gasteiger partial charge in [0, 0.05) is 5.56 Å². The summed E-state index contributed by atoms with van der Waals surface area (Å²) in [4.78, 5) is 38.0. The molecule has 0 unspecified atom stereocenters. The minimum Gasteiger partial charge on any atom is -0.451 e. The molecule has 2 aliphatic rings. The Morgan fingerprint density at radius 1 is 1.24 bits per heavy atom. The fraction of sp³-hybridized carbons (Fsp3) is 0.450. The number of amides is 3. The number of benzene rings is 1. The molecule has 9 heteroatoms. The van der Waals surface area contributed by atoms with Crippen LogP contribution in [0.1, 0.15) is 50.2 Å². The number of carbonyl (C=O) groups is 3. The molecule has 4 rings (SSSR count). The number of ether oxygens (including phenoxy) is 1. The van der Waals surface area contributed by atoms with Crippen molar-refractivity contribution < 1.29 is 23.5 Å². The van der Waals surface area contributed by atoms with Crippen LogP contribution in [0.15, 0.2) is 28.7 Å². The van der Waals surface area contributed by atoms with Gasteiger partial charge in [-0.25, -0.2) is 4.79 Å². The van der Waals surface area contributed by atoms with Crippen molar-refractivity contribution in [1.29, 1.82) is 0 Å². The van der Waals surface area contributed by atoms with Gasteiger partial charge in [0.25, 0.3) is 11.8 Å². The second kappa shape index (κ2) is 7.31. The molecule has 1 saturated heterocycles. The van der Waals surface area contributed by atoms with E-state index in [1.54, 1.807) is 6.92 Å². The Morgan fingerprint density at radius 2 is 1.93 bits per heavy atom. The topological polar surface area (TPSA) is 115 Å². The lowest BCUT2D eigenvalue weighted by molar-refractivity contribution is -0.152. The Kier molecular flexibility index (Phi) is 4.81. The molecule has 0 radical (unpaired) electrons. The first-order valence-corrected chi connectivity index (χ1v) is 9.62. The molecule has 0 bridgehead atoms. The van der Waals surface area contributed by atoms with Crippen molar-refractivity contribution >= 4 is 17.9 Å². The summed E-state index contributed by atoms with van der Waals surface area (Å²) in [6.07, 6.45) is 2.14. The largest absolute Gasteiger partial charge is 0.451 e. The number of hydrogen-bond donors (Lipinski definition) is 1. The summed E-state index contributed by atoms with van der Waals surface area (Å²) >= 11 is 0.